The van der Waals surface area contributed by atoms with Gasteiger partial charge in [-0.3, -0.25) is 0 Å². The van der Waals surface area contributed by atoms with Crippen LogP contribution in [0, 0.1) is 0 Å². The molecule has 1 heteroatoms. The summed E-state index contributed by atoms with van der Waals surface area (Å²) in [6, 6.07) is 1.57. The lowest BCUT2D eigenvalue weighted by molar-refractivity contribution is 0.572. The molecule has 0 saturated carbocycles. The minimum atomic E-state index is -0.245. The molecule has 0 N–H and O–H groups in total. The van der Waals surface area contributed by atoms with Crippen LogP contribution in [0.2, 0.25) is 19.1 Å². The van der Waals surface area contributed by atoms with Gasteiger partial charge in [-0.05, 0) is 0 Å². The molecule has 0 bridgehead atoms. The van der Waals surface area contributed by atoms with Crippen molar-refractivity contribution in [1.29, 1.82) is 0 Å². The van der Waals surface area contributed by atoms with Crippen LogP contribution in [0.5, 0.6) is 0 Å². The third-order valence-corrected chi connectivity index (χ3v) is 4.45. The number of hydrogen-bond acceptors (Lipinski definition) is 0. The molecule has 0 nitrogen and oxygen atoms in total. The zero-order valence-electron chi connectivity index (χ0n) is 10.6. The van der Waals surface area contributed by atoms with E-state index in [1.807, 2.05) is 0 Å². The average molecular weight is 214 g/mol. The Morgan fingerprint density at radius 3 is 1.50 bits per heavy atom. The average Bonchev–Trinajstić information content (AvgIpc) is 2.15. The van der Waals surface area contributed by atoms with Gasteiger partial charge in [-0.15, -0.1) is 0 Å². The van der Waals surface area contributed by atoms with Crippen molar-refractivity contribution in [1.82, 2.24) is 0 Å². The van der Waals surface area contributed by atoms with Crippen molar-refractivity contribution < 1.29 is 0 Å². The summed E-state index contributed by atoms with van der Waals surface area (Å²) in [4.78, 5) is 0. The minimum Gasteiger partial charge on any atom is -0.0722 e. The second-order valence-electron chi connectivity index (χ2n) is 5.01. The molecule has 0 saturated heterocycles. The predicted molar refractivity (Wildman–Crippen MR) is 70.9 cm³/mol. The first-order valence-electron chi connectivity index (χ1n) is 6.77. The molecule has 0 aromatic heterocycles. The van der Waals surface area contributed by atoms with Gasteiger partial charge >= 0.3 is 0 Å². The molecule has 14 heavy (non-hydrogen) atoms. The molecule has 0 heterocycles. The Balaban J connectivity index is 2.85. The van der Waals surface area contributed by atoms with Gasteiger partial charge in [-0.2, -0.15) is 0 Å². The van der Waals surface area contributed by atoms with E-state index in [0.29, 0.717) is 0 Å². The number of unbranched alkanes of at least 4 members (excludes halogenated alkanes) is 8. The molecule has 0 atom stereocenters. The molecule has 0 unspecified atom stereocenters. The lowest BCUT2D eigenvalue weighted by Gasteiger charge is -2.03. The highest BCUT2D eigenvalue weighted by molar-refractivity contribution is 6.55. The Kier molecular flexibility index (Phi) is 11.5. The SMILES string of the molecule is CCCCCCCCCCC[SiH](C)C. The Hall–Kier alpha value is 0.217. The van der Waals surface area contributed by atoms with Gasteiger partial charge < -0.3 is 0 Å². The third kappa shape index (κ3) is 12.2. The molecule has 0 aromatic carbocycles. The van der Waals surface area contributed by atoms with E-state index in [2.05, 4.69) is 20.0 Å². The molecule has 0 aliphatic carbocycles. The smallest absolute Gasteiger partial charge is 0.0305 e. The molecule has 0 aromatic rings. The normalized spacial score (nSPS) is 11.1. The maximum Gasteiger partial charge on any atom is 0.0305 e. The zero-order valence-corrected chi connectivity index (χ0v) is 11.8. The van der Waals surface area contributed by atoms with Crippen molar-refractivity contribution in [3.8, 4) is 0 Å². The molecule has 0 amide bonds. The van der Waals surface area contributed by atoms with E-state index in [-0.39, 0.29) is 8.80 Å². The van der Waals surface area contributed by atoms with Gasteiger partial charge in [0, 0.05) is 8.80 Å². The molecule has 0 radical (unpaired) electrons. The molecule has 0 fully saturated rings. The molecule has 0 aliphatic rings. The maximum atomic E-state index is 2.46. The van der Waals surface area contributed by atoms with E-state index < -0.39 is 0 Å². The van der Waals surface area contributed by atoms with E-state index in [1.165, 1.54) is 57.8 Å². The van der Waals surface area contributed by atoms with Crippen LogP contribution in [0.15, 0.2) is 0 Å². The van der Waals surface area contributed by atoms with Gasteiger partial charge in [0.1, 0.15) is 0 Å². The summed E-state index contributed by atoms with van der Waals surface area (Å²) in [5.74, 6) is 0. The fourth-order valence-electron chi connectivity index (χ4n) is 1.86. The largest absolute Gasteiger partial charge is 0.0722 e. The fraction of sp³-hybridized carbons (Fsp3) is 1.00. The first-order chi connectivity index (χ1) is 6.77. The van der Waals surface area contributed by atoms with Crippen LogP contribution in [-0.4, -0.2) is 8.80 Å². The third-order valence-electron chi connectivity index (χ3n) is 2.89. The molecule has 86 valence electrons. The topological polar surface area (TPSA) is 0 Å². The van der Waals surface area contributed by atoms with Crippen LogP contribution in [0.3, 0.4) is 0 Å². The van der Waals surface area contributed by atoms with E-state index in [9.17, 15) is 0 Å². The summed E-state index contributed by atoms with van der Waals surface area (Å²) in [5, 5.41) is 0. The van der Waals surface area contributed by atoms with Crippen LogP contribution in [0.25, 0.3) is 0 Å². The van der Waals surface area contributed by atoms with Gasteiger partial charge in [-0.1, -0.05) is 83.8 Å². The van der Waals surface area contributed by atoms with Crippen molar-refractivity contribution in [2.75, 3.05) is 0 Å². The predicted octanol–water partition coefficient (Wildman–Crippen LogP) is 5.00. The lowest BCUT2D eigenvalue weighted by atomic mass is 10.1. The Labute approximate surface area is 93.1 Å². The van der Waals surface area contributed by atoms with Crippen molar-refractivity contribution in [2.45, 2.75) is 83.8 Å². The highest BCUT2D eigenvalue weighted by Gasteiger charge is 1.95. The summed E-state index contributed by atoms with van der Waals surface area (Å²) in [5.41, 5.74) is 0. The van der Waals surface area contributed by atoms with Crippen molar-refractivity contribution in [3.63, 3.8) is 0 Å². The van der Waals surface area contributed by atoms with E-state index in [4.69, 9.17) is 0 Å². The lowest BCUT2D eigenvalue weighted by Crippen LogP contribution is -1.97. The summed E-state index contributed by atoms with van der Waals surface area (Å²) in [7, 11) is -0.245. The van der Waals surface area contributed by atoms with E-state index in [0.717, 1.165) is 0 Å². The van der Waals surface area contributed by atoms with E-state index >= 15 is 0 Å². The van der Waals surface area contributed by atoms with Gasteiger partial charge in [0.2, 0.25) is 0 Å². The Bertz CT molecular complexity index is 99.4. The second kappa shape index (κ2) is 11.3. The van der Waals surface area contributed by atoms with Crippen LogP contribution < -0.4 is 0 Å². The van der Waals surface area contributed by atoms with E-state index in [1.54, 1.807) is 6.04 Å². The highest BCUT2D eigenvalue weighted by atomic mass is 28.3. The number of rotatable bonds is 10. The van der Waals surface area contributed by atoms with Gasteiger partial charge in [0.05, 0.1) is 0 Å². The van der Waals surface area contributed by atoms with Crippen molar-refractivity contribution in [3.05, 3.63) is 0 Å². The van der Waals surface area contributed by atoms with Gasteiger partial charge in [-0.25, -0.2) is 0 Å². The molecule has 0 aliphatic heterocycles. The van der Waals surface area contributed by atoms with Crippen LogP contribution in [0.1, 0.15) is 64.7 Å². The minimum absolute atomic E-state index is 0.245. The standard InChI is InChI=1S/C13H30Si/c1-4-5-6-7-8-9-10-11-12-13-14(2)3/h14H,4-13H2,1-3H3. The van der Waals surface area contributed by atoms with Crippen LogP contribution in [0.4, 0.5) is 0 Å². The van der Waals surface area contributed by atoms with Gasteiger partial charge in [0.15, 0.2) is 0 Å². The summed E-state index contributed by atoms with van der Waals surface area (Å²) < 4.78 is 0. The Morgan fingerprint density at radius 1 is 0.643 bits per heavy atom. The summed E-state index contributed by atoms with van der Waals surface area (Å²) >= 11 is 0. The molecular formula is C13H30Si. The highest BCUT2D eigenvalue weighted by Crippen LogP contribution is 2.11. The molecule has 0 spiro atoms. The quantitative estimate of drug-likeness (QED) is 0.354. The molecular weight excluding hydrogens is 184 g/mol. The van der Waals surface area contributed by atoms with Gasteiger partial charge in [0.25, 0.3) is 0 Å². The van der Waals surface area contributed by atoms with Crippen molar-refractivity contribution in [2.24, 2.45) is 0 Å². The molecule has 0 rings (SSSR count). The first-order valence-corrected chi connectivity index (χ1v) is 9.90. The maximum absolute atomic E-state index is 2.46. The monoisotopic (exact) mass is 214 g/mol. The van der Waals surface area contributed by atoms with Crippen molar-refractivity contribution >= 4 is 8.80 Å². The second-order valence-corrected chi connectivity index (χ2v) is 8.38. The van der Waals surface area contributed by atoms with Crippen LogP contribution in [-0.2, 0) is 0 Å². The summed E-state index contributed by atoms with van der Waals surface area (Å²) in [6.07, 6.45) is 13.2. The fourth-order valence-corrected chi connectivity index (χ4v) is 2.97. The van der Waals surface area contributed by atoms with Crippen LogP contribution >= 0.6 is 0 Å². The summed E-state index contributed by atoms with van der Waals surface area (Å²) in [6.45, 7) is 7.21. The zero-order chi connectivity index (χ0) is 10.6. The first kappa shape index (κ1) is 14.2. The number of hydrogen-bond donors (Lipinski definition) is 0. The Morgan fingerprint density at radius 2 is 1.07 bits per heavy atom.